The lowest BCUT2D eigenvalue weighted by Crippen LogP contribution is -2.06. The number of benzene rings is 1. The maximum atomic E-state index is 11.4. The molecule has 0 saturated heterocycles. The maximum Gasteiger partial charge on any atom is 0.248 e. The summed E-state index contributed by atoms with van der Waals surface area (Å²) in [5.74, 6) is -0.0259. The predicted molar refractivity (Wildman–Crippen MR) is 82.7 cm³/mol. The van der Waals surface area contributed by atoms with E-state index in [4.69, 9.17) is 5.11 Å². The first-order valence-electron chi connectivity index (χ1n) is 6.46. The fourth-order valence-electron chi connectivity index (χ4n) is 2.44. The largest absolute Gasteiger partial charge is 0.516 e. The smallest absolute Gasteiger partial charge is 0.248 e. The van der Waals surface area contributed by atoms with Gasteiger partial charge in [0.2, 0.25) is 5.56 Å². The molecule has 3 N–H and O–H groups in total. The number of hydrogen-bond acceptors (Lipinski definition) is 3. The summed E-state index contributed by atoms with van der Waals surface area (Å²) >= 11 is 0. The number of aromatic nitrogens is 1. The molecule has 21 heavy (non-hydrogen) atoms. The Balaban J connectivity index is 2.25. The molecule has 1 aliphatic carbocycles. The van der Waals surface area contributed by atoms with E-state index in [2.05, 4.69) is 4.98 Å². The van der Waals surface area contributed by atoms with Crippen LogP contribution in [0.4, 0.5) is 0 Å². The van der Waals surface area contributed by atoms with Gasteiger partial charge in [0.15, 0.2) is 0 Å². The van der Waals surface area contributed by atoms with E-state index in [1.165, 1.54) is 12.1 Å². The molecule has 0 atom stereocenters. The van der Waals surface area contributed by atoms with Crippen molar-refractivity contribution in [1.82, 2.24) is 4.98 Å². The summed E-state index contributed by atoms with van der Waals surface area (Å²) in [4.78, 5) is 14.0. The minimum Gasteiger partial charge on any atom is -0.516 e. The van der Waals surface area contributed by atoms with Crippen molar-refractivity contribution in [2.75, 3.05) is 0 Å². The first-order chi connectivity index (χ1) is 10.2. The molecular weight excluding hydrogens is 266 g/mol. The molecule has 1 aliphatic rings. The normalized spacial score (nSPS) is 15.9. The lowest BCUT2D eigenvalue weighted by Gasteiger charge is -2.08. The van der Waals surface area contributed by atoms with Crippen molar-refractivity contribution in [2.45, 2.75) is 0 Å². The molecule has 1 aromatic carbocycles. The molecule has 0 saturated carbocycles. The monoisotopic (exact) mass is 279 g/mol. The third-order valence-corrected chi connectivity index (χ3v) is 3.34. The van der Waals surface area contributed by atoms with Crippen LogP contribution in [-0.2, 0) is 0 Å². The Morgan fingerprint density at radius 3 is 2.67 bits per heavy atom. The van der Waals surface area contributed by atoms with E-state index in [0.717, 1.165) is 17.4 Å². The minimum atomic E-state index is -0.283. The number of aromatic amines is 1. The number of H-pyrrole nitrogens is 1. The lowest BCUT2D eigenvalue weighted by molar-refractivity contribution is 0.473. The van der Waals surface area contributed by atoms with Gasteiger partial charge in [0.25, 0.3) is 0 Å². The van der Waals surface area contributed by atoms with Crippen molar-refractivity contribution in [1.29, 1.82) is 0 Å². The summed E-state index contributed by atoms with van der Waals surface area (Å²) in [6.45, 7) is 0. The van der Waals surface area contributed by atoms with Crippen LogP contribution < -0.4 is 5.56 Å². The summed E-state index contributed by atoms with van der Waals surface area (Å²) in [6.07, 6.45) is 4.31. The zero-order chi connectivity index (χ0) is 14.8. The van der Waals surface area contributed by atoms with Gasteiger partial charge in [-0.2, -0.15) is 0 Å². The van der Waals surface area contributed by atoms with E-state index in [-0.39, 0.29) is 11.3 Å². The van der Waals surface area contributed by atoms with Gasteiger partial charge in [-0.1, -0.05) is 30.3 Å². The van der Waals surface area contributed by atoms with E-state index in [1.54, 1.807) is 12.1 Å². The predicted octanol–water partition coefficient (Wildman–Crippen LogP) is 3.27. The average molecular weight is 279 g/mol. The molecule has 0 unspecified atom stereocenters. The van der Waals surface area contributed by atoms with Gasteiger partial charge in [-0.15, -0.1) is 0 Å². The molecule has 0 amide bonds. The van der Waals surface area contributed by atoms with E-state index in [9.17, 15) is 9.90 Å². The summed E-state index contributed by atoms with van der Waals surface area (Å²) in [5.41, 5.74) is 3.12. The molecule has 104 valence electrons. The van der Waals surface area contributed by atoms with Crippen LogP contribution in [0.25, 0.3) is 17.4 Å². The molecule has 0 bridgehead atoms. The second kappa shape index (κ2) is 5.17. The average Bonchev–Trinajstić information content (AvgIpc) is 2.85. The van der Waals surface area contributed by atoms with E-state index < -0.39 is 0 Å². The molecule has 3 rings (SSSR count). The lowest BCUT2D eigenvalue weighted by atomic mass is 10.00. The zero-order valence-electron chi connectivity index (χ0n) is 11.1. The molecule has 0 aliphatic heterocycles. The highest BCUT2D eigenvalue weighted by Gasteiger charge is 2.21. The Labute approximate surface area is 121 Å². The number of hydrogen-bond donors (Lipinski definition) is 3. The van der Waals surface area contributed by atoms with Crippen LogP contribution in [0, 0.1) is 0 Å². The highest BCUT2D eigenvalue weighted by atomic mass is 16.3. The molecule has 0 spiro atoms. The van der Waals surface area contributed by atoms with Gasteiger partial charge < -0.3 is 15.2 Å². The minimum absolute atomic E-state index is 0.0259. The van der Waals surface area contributed by atoms with Crippen LogP contribution in [0.1, 0.15) is 16.8 Å². The fourth-order valence-corrected chi connectivity index (χ4v) is 2.44. The number of aliphatic hydroxyl groups excluding tert-OH is 2. The van der Waals surface area contributed by atoms with E-state index >= 15 is 0 Å². The topological polar surface area (TPSA) is 73.3 Å². The number of aliphatic hydroxyl groups is 2. The molecule has 0 radical (unpaired) electrons. The van der Waals surface area contributed by atoms with Crippen molar-refractivity contribution in [3.05, 3.63) is 87.6 Å². The van der Waals surface area contributed by atoms with Gasteiger partial charge in [-0.25, -0.2) is 0 Å². The van der Waals surface area contributed by atoms with Gasteiger partial charge in [-0.05, 0) is 34.9 Å². The highest BCUT2D eigenvalue weighted by molar-refractivity contribution is 6.05. The van der Waals surface area contributed by atoms with E-state index in [1.807, 2.05) is 30.3 Å². The SMILES string of the molecule is O=c1cccc(/C(O)=C2/C(/C=C/O)=Cc3ccccc32)[nH]1. The van der Waals surface area contributed by atoms with Crippen LogP contribution in [0.3, 0.4) is 0 Å². The summed E-state index contributed by atoms with van der Waals surface area (Å²) < 4.78 is 0. The molecule has 1 heterocycles. The Morgan fingerprint density at radius 2 is 1.90 bits per heavy atom. The van der Waals surface area contributed by atoms with Crippen LogP contribution in [-0.4, -0.2) is 15.2 Å². The maximum absolute atomic E-state index is 11.4. The van der Waals surface area contributed by atoms with Gasteiger partial charge in [0.05, 0.1) is 12.0 Å². The highest BCUT2D eigenvalue weighted by Crippen LogP contribution is 2.39. The third kappa shape index (κ3) is 2.27. The van der Waals surface area contributed by atoms with Crippen molar-refractivity contribution in [2.24, 2.45) is 0 Å². The number of nitrogens with one attached hydrogen (secondary N) is 1. The van der Waals surface area contributed by atoms with Crippen molar-refractivity contribution in [3.63, 3.8) is 0 Å². The van der Waals surface area contributed by atoms with Crippen molar-refractivity contribution < 1.29 is 10.2 Å². The third-order valence-electron chi connectivity index (χ3n) is 3.34. The van der Waals surface area contributed by atoms with E-state index in [0.29, 0.717) is 16.8 Å². The Kier molecular flexibility index (Phi) is 3.20. The second-order valence-electron chi connectivity index (χ2n) is 4.65. The number of fused-ring (bicyclic) bond motifs is 1. The molecule has 0 fully saturated rings. The Morgan fingerprint density at radius 1 is 1.10 bits per heavy atom. The summed E-state index contributed by atoms with van der Waals surface area (Å²) in [6, 6.07) is 12.2. The fraction of sp³-hybridized carbons (Fsp3) is 0. The molecule has 4 heteroatoms. The summed E-state index contributed by atoms with van der Waals surface area (Å²) in [5, 5.41) is 19.6. The number of rotatable bonds is 2. The van der Waals surface area contributed by atoms with Gasteiger partial charge in [0.1, 0.15) is 5.76 Å². The molecule has 2 aromatic rings. The quantitative estimate of drug-likeness (QED) is 0.739. The Hall–Kier alpha value is -3.01. The standard InChI is InChI=1S/C17H13NO3/c19-9-8-12-10-11-4-1-2-5-13(11)16(12)17(21)14-6-3-7-15(20)18-14/h1-10,19,21H,(H,18,20)/b9-8+,17-16+. The Bertz CT molecular complexity index is 841. The zero-order valence-corrected chi connectivity index (χ0v) is 11.1. The van der Waals surface area contributed by atoms with Gasteiger partial charge in [-0.3, -0.25) is 4.79 Å². The number of pyridine rings is 1. The first kappa shape index (κ1) is 13.0. The molecule has 1 aromatic heterocycles. The second-order valence-corrected chi connectivity index (χ2v) is 4.65. The van der Waals surface area contributed by atoms with Crippen LogP contribution in [0.15, 0.2) is 65.2 Å². The van der Waals surface area contributed by atoms with Gasteiger partial charge >= 0.3 is 0 Å². The van der Waals surface area contributed by atoms with Crippen LogP contribution in [0.2, 0.25) is 0 Å². The first-order valence-corrected chi connectivity index (χ1v) is 6.46. The summed E-state index contributed by atoms with van der Waals surface area (Å²) in [7, 11) is 0. The van der Waals surface area contributed by atoms with Crippen LogP contribution >= 0.6 is 0 Å². The molecule has 4 nitrogen and oxygen atoms in total. The molecular formula is C17H13NO3. The number of allylic oxidation sites excluding steroid dienone is 3. The van der Waals surface area contributed by atoms with Crippen molar-refractivity contribution in [3.8, 4) is 0 Å². The van der Waals surface area contributed by atoms with Crippen molar-refractivity contribution >= 4 is 17.4 Å². The van der Waals surface area contributed by atoms with Gasteiger partial charge in [0, 0.05) is 11.6 Å². The van der Waals surface area contributed by atoms with Crippen LogP contribution in [0.5, 0.6) is 0 Å².